The number of nitrogens with zero attached hydrogens (tertiary/aromatic N) is 3. The Hall–Kier alpha value is -1.29. The van der Waals surface area contributed by atoms with Gasteiger partial charge < -0.3 is 15.5 Å². The van der Waals surface area contributed by atoms with Crippen molar-refractivity contribution in [3.05, 3.63) is 18.2 Å². The maximum atomic E-state index is 5.60. The van der Waals surface area contributed by atoms with Crippen molar-refractivity contribution in [2.75, 3.05) is 44.9 Å². The number of hydrogen-bond acceptors (Lipinski definition) is 4. The van der Waals surface area contributed by atoms with E-state index in [9.17, 15) is 0 Å². The third-order valence-corrected chi connectivity index (χ3v) is 2.03. The number of anilines is 2. The van der Waals surface area contributed by atoms with Crippen molar-refractivity contribution < 1.29 is 0 Å². The molecule has 0 radical (unpaired) electrons. The fourth-order valence-corrected chi connectivity index (χ4v) is 1.12. The zero-order valence-corrected chi connectivity index (χ0v) is 9.07. The highest BCUT2D eigenvalue weighted by atomic mass is 15.2. The molecule has 1 aromatic heterocycles. The average molecular weight is 194 g/mol. The van der Waals surface area contributed by atoms with Gasteiger partial charge >= 0.3 is 0 Å². The Kier molecular flexibility index (Phi) is 3.71. The third-order valence-electron chi connectivity index (χ3n) is 2.03. The van der Waals surface area contributed by atoms with Crippen LogP contribution in [0.2, 0.25) is 0 Å². The zero-order valence-electron chi connectivity index (χ0n) is 9.07. The van der Waals surface area contributed by atoms with Crippen LogP contribution in [0.5, 0.6) is 0 Å². The predicted octanol–water partition coefficient (Wildman–Crippen LogP) is 0.662. The Labute approximate surface area is 85.3 Å². The van der Waals surface area contributed by atoms with Gasteiger partial charge in [0.1, 0.15) is 11.6 Å². The molecule has 1 rings (SSSR count). The number of likely N-dealkylation sites (N-methyl/N-ethyl adjacent to an activating group) is 2. The molecule has 2 N–H and O–H groups in total. The molecule has 14 heavy (non-hydrogen) atoms. The molecule has 0 aromatic carbocycles. The van der Waals surface area contributed by atoms with Crippen LogP contribution in [0.4, 0.5) is 11.6 Å². The number of aromatic nitrogens is 1. The summed E-state index contributed by atoms with van der Waals surface area (Å²) in [6.45, 7) is 1.95. The zero-order chi connectivity index (χ0) is 10.6. The summed E-state index contributed by atoms with van der Waals surface area (Å²) in [5, 5.41) is 0. The minimum Gasteiger partial charge on any atom is -0.384 e. The molecule has 1 aromatic rings. The SMILES string of the molecule is CN(C)CCN(C)c1cccc(N)n1. The Morgan fingerprint density at radius 2 is 1.93 bits per heavy atom. The first-order chi connectivity index (χ1) is 6.59. The molecule has 0 saturated carbocycles. The van der Waals surface area contributed by atoms with E-state index in [0.717, 1.165) is 18.9 Å². The molecule has 4 heteroatoms. The van der Waals surface area contributed by atoms with Gasteiger partial charge in [-0.25, -0.2) is 4.98 Å². The molecule has 0 aliphatic heterocycles. The monoisotopic (exact) mass is 194 g/mol. The van der Waals surface area contributed by atoms with Gasteiger partial charge in [0.15, 0.2) is 0 Å². The number of pyridine rings is 1. The highest BCUT2D eigenvalue weighted by molar-refractivity contribution is 5.43. The normalized spacial score (nSPS) is 10.6. The van der Waals surface area contributed by atoms with Crippen LogP contribution in [0.15, 0.2) is 18.2 Å². The van der Waals surface area contributed by atoms with Crippen molar-refractivity contribution >= 4 is 11.6 Å². The van der Waals surface area contributed by atoms with E-state index in [1.807, 2.05) is 19.2 Å². The molecule has 4 nitrogen and oxygen atoms in total. The Morgan fingerprint density at radius 1 is 1.21 bits per heavy atom. The number of nitrogens with two attached hydrogens (primary N) is 1. The molecule has 0 spiro atoms. The Morgan fingerprint density at radius 3 is 2.50 bits per heavy atom. The van der Waals surface area contributed by atoms with Crippen LogP contribution < -0.4 is 10.6 Å². The van der Waals surface area contributed by atoms with Crippen molar-refractivity contribution in [1.82, 2.24) is 9.88 Å². The largest absolute Gasteiger partial charge is 0.384 e. The summed E-state index contributed by atoms with van der Waals surface area (Å²) in [7, 11) is 6.13. The first-order valence-corrected chi connectivity index (χ1v) is 4.68. The van der Waals surface area contributed by atoms with Crippen molar-refractivity contribution in [3.8, 4) is 0 Å². The molecular formula is C10H18N4. The van der Waals surface area contributed by atoms with Gasteiger partial charge in [-0.15, -0.1) is 0 Å². The molecule has 0 saturated heterocycles. The van der Waals surface area contributed by atoms with E-state index in [-0.39, 0.29) is 0 Å². The maximum Gasteiger partial charge on any atom is 0.130 e. The van der Waals surface area contributed by atoms with E-state index >= 15 is 0 Å². The van der Waals surface area contributed by atoms with E-state index in [0.29, 0.717) is 5.82 Å². The highest BCUT2D eigenvalue weighted by Gasteiger charge is 2.02. The standard InChI is InChI=1S/C10H18N4/c1-13(2)7-8-14(3)10-6-4-5-9(11)12-10/h4-6H,7-8H2,1-3H3,(H2,11,12). The molecule has 0 amide bonds. The molecule has 1 heterocycles. The number of rotatable bonds is 4. The summed E-state index contributed by atoms with van der Waals surface area (Å²) in [4.78, 5) is 8.47. The van der Waals surface area contributed by atoms with E-state index < -0.39 is 0 Å². The fraction of sp³-hybridized carbons (Fsp3) is 0.500. The van der Waals surface area contributed by atoms with Crippen LogP contribution in [-0.2, 0) is 0 Å². The highest BCUT2D eigenvalue weighted by Crippen LogP contribution is 2.09. The summed E-state index contributed by atoms with van der Waals surface area (Å²) in [5.74, 6) is 1.49. The molecular weight excluding hydrogens is 176 g/mol. The molecule has 0 bridgehead atoms. The first-order valence-electron chi connectivity index (χ1n) is 4.68. The van der Waals surface area contributed by atoms with Gasteiger partial charge in [0.25, 0.3) is 0 Å². The minimum atomic E-state index is 0.569. The summed E-state index contributed by atoms with van der Waals surface area (Å²) in [6.07, 6.45) is 0. The molecule has 78 valence electrons. The molecule has 0 unspecified atom stereocenters. The van der Waals surface area contributed by atoms with E-state index in [4.69, 9.17) is 5.73 Å². The lowest BCUT2D eigenvalue weighted by Crippen LogP contribution is -2.29. The summed E-state index contributed by atoms with van der Waals surface area (Å²) >= 11 is 0. The smallest absolute Gasteiger partial charge is 0.130 e. The van der Waals surface area contributed by atoms with E-state index in [2.05, 4.69) is 28.9 Å². The van der Waals surface area contributed by atoms with Gasteiger partial charge in [0, 0.05) is 20.1 Å². The predicted molar refractivity (Wildman–Crippen MR) is 60.5 cm³/mol. The number of nitrogen functional groups attached to an aromatic ring is 1. The summed E-state index contributed by atoms with van der Waals surface area (Å²) in [5.41, 5.74) is 5.60. The quantitative estimate of drug-likeness (QED) is 0.765. The second kappa shape index (κ2) is 4.81. The van der Waals surface area contributed by atoms with Crippen LogP contribution in [0.3, 0.4) is 0 Å². The number of hydrogen-bond donors (Lipinski definition) is 1. The van der Waals surface area contributed by atoms with Gasteiger partial charge in [0.05, 0.1) is 0 Å². The van der Waals surface area contributed by atoms with Crippen LogP contribution >= 0.6 is 0 Å². The van der Waals surface area contributed by atoms with Crippen LogP contribution in [0.1, 0.15) is 0 Å². The topological polar surface area (TPSA) is 45.4 Å². The lowest BCUT2D eigenvalue weighted by Gasteiger charge is -2.20. The van der Waals surface area contributed by atoms with E-state index in [1.54, 1.807) is 6.07 Å². The Bertz CT molecular complexity index is 285. The second-order valence-corrected chi connectivity index (χ2v) is 3.65. The molecule has 0 atom stereocenters. The van der Waals surface area contributed by atoms with Gasteiger partial charge in [-0.3, -0.25) is 0 Å². The van der Waals surface area contributed by atoms with Crippen LogP contribution in [-0.4, -0.2) is 44.1 Å². The summed E-state index contributed by atoms with van der Waals surface area (Å²) < 4.78 is 0. The van der Waals surface area contributed by atoms with Crippen molar-refractivity contribution in [3.63, 3.8) is 0 Å². The average Bonchev–Trinajstić information content (AvgIpc) is 2.14. The van der Waals surface area contributed by atoms with Crippen LogP contribution in [0.25, 0.3) is 0 Å². The van der Waals surface area contributed by atoms with E-state index in [1.165, 1.54) is 0 Å². The summed E-state index contributed by atoms with van der Waals surface area (Å²) in [6, 6.07) is 5.68. The molecule has 0 fully saturated rings. The third kappa shape index (κ3) is 3.22. The lowest BCUT2D eigenvalue weighted by molar-refractivity contribution is 0.416. The molecule has 0 aliphatic carbocycles. The van der Waals surface area contributed by atoms with Gasteiger partial charge in [-0.2, -0.15) is 0 Å². The van der Waals surface area contributed by atoms with Crippen molar-refractivity contribution in [2.45, 2.75) is 0 Å². The van der Waals surface area contributed by atoms with Crippen molar-refractivity contribution in [1.29, 1.82) is 0 Å². The fourth-order valence-electron chi connectivity index (χ4n) is 1.12. The van der Waals surface area contributed by atoms with Crippen molar-refractivity contribution in [2.24, 2.45) is 0 Å². The van der Waals surface area contributed by atoms with Gasteiger partial charge in [0.2, 0.25) is 0 Å². The van der Waals surface area contributed by atoms with Gasteiger partial charge in [-0.05, 0) is 26.2 Å². The second-order valence-electron chi connectivity index (χ2n) is 3.65. The Balaban J connectivity index is 2.56. The molecule has 0 aliphatic rings. The van der Waals surface area contributed by atoms with Crippen LogP contribution in [0, 0.1) is 0 Å². The van der Waals surface area contributed by atoms with Gasteiger partial charge in [-0.1, -0.05) is 6.07 Å². The first kappa shape index (κ1) is 10.8. The maximum absolute atomic E-state index is 5.60. The minimum absolute atomic E-state index is 0.569. The lowest BCUT2D eigenvalue weighted by atomic mass is 10.4.